The van der Waals surface area contributed by atoms with Crippen molar-refractivity contribution < 1.29 is 9.13 Å². The van der Waals surface area contributed by atoms with Gasteiger partial charge in [0.05, 0.1) is 47.8 Å². The molecule has 136 valence electrons. The average molecular weight is 472 g/mol. The fraction of sp³-hybridized carbons (Fsp3) is 0.136. The molecule has 0 fully saturated rings. The van der Waals surface area contributed by atoms with Crippen molar-refractivity contribution in [2.24, 2.45) is 0 Å². The number of hydrogen-bond acceptors (Lipinski definition) is 2. The molecule has 0 aliphatic heterocycles. The van der Waals surface area contributed by atoms with E-state index in [0.717, 1.165) is 27.6 Å². The van der Waals surface area contributed by atoms with E-state index in [1.54, 1.807) is 15.2 Å². The average Bonchev–Trinajstić information content (AvgIpc) is 3.06. The summed E-state index contributed by atoms with van der Waals surface area (Å²) in [6.07, 6.45) is 2.49. The van der Waals surface area contributed by atoms with Crippen molar-refractivity contribution >= 4 is 33.8 Å². The topological polar surface area (TPSA) is 27.1 Å². The third-order valence-electron chi connectivity index (χ3n) is 4.52. The molecule has 27 heavy (non-hydrogen) atoms. The molecular formula is C22H18FIN2O. The van der Waals surface area contributed by atoms with Gasteiger partial charge in [-0.15, -0.1) is 0 Å². The minimum Gasteiger partial charge on any atom is -0.376 e. The molecule has 0 saturated heterocycles. The smallest absolute Gasteiger partial charge is 0.131 e. The first-order chi connectivity index (χ1) is 13.2. The predicted molar refractivity (Wildman–Crippen MR) is 114 cm³/mol. The van der Waals surface area contributed by atoms with E-state index in [-0.39, 0.29) is 5.82 Å². The lowest BCUT2D eigenvalue weighted by molar-refractivity contribution is 0.124. The van der Waals surface area contributed by atoms with Crippen LogP contribution < -0.4 is 0 Å². The van der Waals surface area contributed by atoms with Crippen LogP contribution in [0.3, 0.4) is 0 Å². The largest absolute Gasteiger partial charge is 0.376 e. The highest BCUT2D eigenvalue weighted by Crippen LogP contribution is 2.28. The van der Waals surface area contributed by atoms with Gasteiger partial charge in [-0.3, -0.25) is 0 Å². The van der Waals surface area contributed by atoms with E-state index in [9.17, 15) is 4.39 Å². The Kier molecular flexibility index (Phi) is 5.50. The Balaban J connectivity index is 1.43. The molecule has 5 heteroatoms. The maximum Gasteiger partial charge on any atom is 0.131 e. The van der Waals surface area contributed by atoms with Crippen LogP contribution in [0.4, 0.5) is 4.39 Å². The number of benzene rings is 3. The van der Waals surface area contributed by atoms with Crippen molar-refractivity contribution in [3.63, 3.8) is 0 Å². The molecule has 0 spiro atoms. The molecule has 0 saturated carbocycles. The van der Waals surface area contributed by atoms with Crippen molar-refractivity contribution in [3.8, 4) is 11.1 Å². The summed E-state index contributed by atoms with van der Waals surface area (Å²) in [6.45, 7) is 1.14. The minimum absolute atomic E-state index is 0.213. The van der Waals surface area contributed by atoms with Gasteiger partial charge in [0.25, 0.3) is 0 Å². The number of aromatic nitrogens is 2. The number of fused-ring (bicyclic) bond motifs is 1. The van der Waals surface area contributed by atoms with Gasteiger partial charge in [-0.25, -0.2) is 7.29 Å². The molecule has 4 aromatic rings. The van der Waals surface area contributed by atoms with Gasteiger partial charge in [-0.05, 0) is 35.2 Å². The van der Waals surface area contributed by atoms with E-state index < -0.39 is 0 Å². The Morgan fingerprint density at radius 1 is 0.963 bits per heavy atom. The van der Waals surface area contributed by atoms with Crippen molar-refractivity contribution in [2.45, 2.75) is 13.0 Å². The highest BCUT2D eigenvalue weighted by Gasteiger charge is 2.09. The van der Waals surface area contributed by atoms with Crippen LogP contribution >= 0.6 is 22.9 Å². The Hall–Kier alpha value is -2.25. The van der Waals surface area contributed by atoms with E-state index in [0.29, 0.717) is 25.2 Å². The minimum atomic E-state index is -0.213. The summed E-state index contributed by atoms with van der Waals surface area (Å²) in [5.74, 6) is -0.213. The first-order valence-electron chi connectivity index (χ1n) is 8.75. The Morgan fingerprint density at radius 2 is 1.81 bits per heavy atom. The zero-order chi connectivity index (χ0) is 18.6. The van der Waals surface area contributed by atoms with Crippen molar-refractivity contribution in [3.05, 3.63) is 89.9 Å². The fourth-order valence-corrected chi connectivity index (χ4v) is 3.60. The van der Waals surface area contributed by atoms with Crippen molar-refractivity contribution in [2.75, 3.05) is 6.61 Å². The highest BCUT2D eigenvalue weighted by atomic mass is 127. The Labute approximate surface area is 171 Å². The predicted octanol–water partition coefficient (Wildman–Crippen LogP) is 5.80. The van der Waals surface area contributed by atoms with Gasteiger partial charge in [0, 0.05) is 10.9 Å². The number of halogens is 2. The van der Waals surface area contributed by atoms with Gasteiger partial charge in [-0.2, -0.15) is 5.10 Å². The first-order valence-corrected chi connectivity index (χ1v) is 9.71. The van der Waals surface area contributed by atoms with Crippen molar-refractivity contribution in [1.82, 2.24) is 7.99 Å². The molecule has 3 nitrogen and oxygen atoms in total. The van der Waals surface area contributed by atoms with E-state index in [2.05, 4.69) is 28.0 Å². The molecule has 0 unspecified atom stereocenters. The lowest BCUT2D eigenvalue weighted by atomic mass is 10.0. The summed E-state index contributed by atoms with van der Waals surface area (Å²) < 4.78 is 22.1. The van der Waals surface area contributed by atoms with Gasteiger partial charge in [-0.1, -0.05) is 54.6 Å². The third kappa shape index (κ3) is 4.20. The summed E-state index contributed by atoms with van der Waals surface area (Å²) in [6, 6.07) is 21.3. The lowest BCUT2D eigenvalue weighted by Crippen LogP contribution is -2.00. The molecule has 0 aliphatic rings. The van der Waals surface area contributed by atoms with Crippen LogP contribution in [0.2, 0.25) is 0 Å². The summed E-state index contributed by atoms with van der Waals surface area (Å²) >= 11 is 2.12. The Morgan fingerprint density at radius 3 is 2.63 bits per heavy atom. The molecule has 3 aromatic carbocycles. The van der Waals surface area contributed by atoms with Gasteiger partial charge in [0.1, 0.15) is 5.82 Å². The summed E-state index contributed by atoms with van der Waals surface area (Å²) in [4.78, 5) is 0. The molecule has 1 heterocycles. The van der Waals surface area contributed by atoms with Gasteiger partial charge < -0.3 is 4.74 Å². The summed E-state index contributed by atoms with van der Waals surface area (Å²) in [5.41, 5.74) is 4.51. The van der Waals surface area contributed by atoms with Crippen LogP contribution in [0.5, 0.6) is 0 Å². The number of nitrogens with zero attached hydrogens (tertiary/aromatic N) is 2. The lowest BCUT2D eigenvalue weighted by Gasteiger charge is -2.08. The summed E-state index contributed by atoms with van der Waals surface area (Å²) in [7, 11) is 0. The number of hydrogen-bond donors (Lipinski definition) is 0. The monoisotopic (exact) mass is 472 g/mol. The van der Waals surface area contributed by atoms with E-state index in [1.165, 1.54) is 0 Å². The van der Waals surface area contributed by atoms with Gasteiger partial charge >= 0.3 is 0 Å². The molecular weight excluding hydrogens is 454 g/mol. The third-order valence-corrected chi connectivity index (χ3v) is 5.29. The number of rotatable bonds is 6. The second-order valence-electron chi connectivity index (χ2n) is 6.38. The quantitative estimate of drug-likeness (QED) is 0.262. The summed E-state index contributed by atoms with van der Waals surface area (Å²) in [5, 5.41) is 5.27. The zero-order valence-electron chi connectivity index (χ0n) is 14.6. The van der Waals surface area contributed by atoms with Crippen molar-refractivity contribution in [1.29, 1.82) is 0 Å². The molecule has 0 bridgehead atoms. The normalized spacial score (nSPS) is 11.2. The van der Waals surface area contributed by atoms with Crippen LogP contribution in [-0.2, 0) is 17.8 Å². The van der Waals surface area contributed by atoms with E-state index >= 15 is 0 Å². The van der Waals surface area contributed by atoms with Crippen LogP contribution in [0.15, 0.2) is 72.9 Å². The molecule has 0 N–H and O–H groups in total. The molecule has 0 aliphatic carbocycles. The highest BCUT2D eigenvalue weighted by molar-refractivity contribution is 14.1. The second kappa shape index (κ2) is 8.19. The fourth-order valence-electron chi connectivity index (χ4n) is 3.06. The molecule has 4 rings (SSSR count). The maximum absolute atomic E-state index is 14.7. The van der Waals surface area contributed by atoms with Crippen LogP contribution in [0.25, 0.3) is 22.0 Å². The maximum atomic E-state index is 14.7. The molecule has 0 radical (unpaired) electrons. The SMILES string of the molecule is Fc1cc(CCOCc2ccccc2)ccc1-c1ccc2cnn(I)c2c1. The first kappa shape index (κ1) is 18.1. The Bertz CT molecular complexity index is 1060. The van der Waals surface area contributed by atoms with Crippen LogP contribution in [0.1, 0.15) is 11.1 Å². The van der Waals surface area contributed by atoms with E-state index in [1.807, 2.05) is 60.7 Å². The number of ether oxygens (including phenoxy) is 1. The zero-order valence-corrected chi connectivity index (χ0v) is 16.8. The molecule has 0 amide bonds. The van der Waals surface area contributed by atoms with Crippen LogP contribution in [0, 0.1) is 5.82 Å². The molecule has 0 atom stereocenters. The van der Waals surface area contributed by atoms with E-state index in [4.69, 9.17) is 4.74 Å². The van der Waals surface area contributed by atoms with Crippen LogP contribution in [-0.4, -0.2) is 14.6 Å². The standard InChI is InChI=1S/C22H18FIN2O/c23-21-12-16(10-11-27-15-17-4-2-1-3-5-17)6-9-20(21)18-7-8-19-14-25-26(24)22(19)13-18/h1-9,12-14H,10-11,15H2. The second-order valence-corrected chi connectivity index (χ2v) is 7.29. The van der Waals surface area contributed by atoms with Gasteiger partial charge in [0.2, 0.25) is 0 Å². The molecule has 1 aromatic heterocycles. The van der Waals surface area contributed by atoms with Gasteiger partial charge in [0.15, 0.2) is 0 Å².